The van der Waals surface area contributed by atoms with Gasteiger partial charge in [-0.25, -0.2) is 4.79 Å². The van der Waals surface area contributed by atoms with Gasteiger partial charge in [0.1, 0.15) is 0 Å². The zero-order chi connectivity index (χ0) is 9.02. The van der Waals surface area contributed by atoms with Crippen molar-refractivity contribution in [2.45, 2.75) is 39.8 Å². The average Bonchev–Trinajstić information content (AvgIpc) is 1.81. The van der Waals surface area contributed by atoms with E-state index in [0.717, 1.165) is 0 Å². The summed E-state index contributed by atoms with van der Waals surface area (Å²) in [5.41, 5.74) is 0. The van der Waals surface area contributed by atoms with Crippen LogP contribution in [0.3, 0.4) is 0 Å². The Labute approximate surface area is 137 Å². The molecule has 0 unspecified atom stereocenters. The molecule has 13 heavy (non-hydrogen) atoms. The van der Waals surface area contributed by atoms with Crippen LogP contribution in [0.25, 0.3) is 0 Å². The van der Waals surface area contributed by atoms with Gasteiger partial charge in [-0.3, -0.25) is 0 Å². The number of nitrogens with zero attached hydrogens (tertiary/aromatic N) is 1. The monoisotopic (exact) mass is 209 g/mol. The van der Waals surface area contributed by atoms with Crippen LogP contribution in [-0.4, -0.2) is 28.4 Å². The maximum Gasteiger partial charge on any atom is 1.00 e. The predicted octanol–water partition coefficient (Wildman–Crippen LogP) is -4.05. The molecule has 1 N–H and O–H groups in total. The minimum atomic E-state index is -1.26. The average molecular weight is 209 g/mol. The van der Waals surface area contributed by atoms with Gasteiger partial charge in [-0.1, -0.05) is 0 Å². The molecule has 6 heteroatoms. The standard InChI is InChI=1S/C7H15NO3.K.Li.2H/c1-5(2)8(6(3)4)11-7(9)10;;;;/h5-6H,1-4H3,(H,9,10);;;;/q;2*+1;2*-1. The number of carboxylic acid groups (broad SMARTS) is 1. The Bertz CT molecular complexity index is 144. The van der Waals surface area contributed by atoms with Gasteiger partial charge in [-0.05, 0) is 27.7 Å². The summed E-state index contributed by atoms with van der Waals surface area (Å²) in [5.74, 6) is 0. The number of hydrogen-bond donors (Lipinski definition) is 1. The Morgan fingerprint density at radius 2 is 1.62 bits per heavy atom. The quantitative estimate of drug-likeness (QED) is 0.380. The molecular weight excluding hydrogens is 192 g/mol. The van der Waals surface area contributed by atoms with Crippen LogP contribution < -0.4 is 70.2 Å². The molecule has 0 radical (unpaired) electrons. The van der Waals surface area contributed by atoms with Crippen LogP contribution in [0.1, 0.15) is 30.5 Å². The van der Waals surface area contributed by atoms with E-state index in [1.807, 2.05) is 27.7 Å². The zero-order valence-electron chi connectivity index (χ0n) is 11.4. The number of carbonyl (C=O) groups is 1. The summed E-state index contributed by atoms with van der Waals surface area (Å²) in [6, 6.07) is 0.150. The minimum Gasteiger partial charge on any atom is -1.00 e. The van der Waals surface area contributed by atoms with Gasteiger partial charge in [0.25, 0.3) is 0 Å². The van der Waals surface area contributed by atoms with Crippen molar-refractivity contribution in [2.75, 3.05) is 0 Å². The molecule has 0 saturated heterocycles. The first-order valence-electron chi connectivity index (χ1n) is 3.64. The van der Waals surface area contributed by atoms with Gasteiger partial charge in [-0.15, -0.1) is 5.06 Å². The van der Waals surface area contributed by atoms with Crippen molar-refractivity contribution in [3.05, 3.63) is 0 Å². The van der Waals surface area contributed by atoms with Crippen molar-refractivity contribution in [1.82, 2.24) is 5.06 Å². The van der Waals surface area contributed by atoms with Crippen LogP contribution in [0.4, 0.5) is 4.79 Å². The summed E-state index contributed by atoms with van der Waals surface area (Å²) in [6.45, 7) is 7.51. The maximum atomic E-state index is 10.2. The van der Waals surface area contributed by atoms with Crippen molar-refractivity contribution in [1.29, 1.82) is 0 Å². The van der Waals surface area contributed by atoms with E-state index in [1.54, 1.807) is 0 Å². The summed E-state index contributed by atoms with van der Waals surface area (Å²) in [5, 5.41) is 9.75. The third-order valence-electron chi connectivity index (χ3n) is 1.20. The van der Waals surface area contributed by atoms with Crippen molar-refractivity contribution in [3.8, 4) is 0 Å². The van der Waals surface area contributed by atoms with Crippen LogP contribution >= 0.6 is 0 Å². The van der Waals surface area contributed by atoms with Gasteiger partial charge < -0.3 is 12.8 Å². The van der Waals surface area contributed by atoms with Crippen molar-refractivity contribution in [3.63, 3.8) is 0 Å². The van der Waals surface area contributed by atoms with Gasteiger partial charge in [0.2, 0.25) is 0 Å². The Morgan fingerprint density at radius 1 is 1.31 bits per heavy atom. The molecule has 0 aliphatic heterocycles. The molecule has 0 bridgehead atoms. The Morgan fingerprint density at radius 3 is 1.69 bits per heavy atom. The molecular formula is C7H17KLiNO3. The van der Waals surface area contributed by atoms with E-state index < -0.39 is 6.16 Å². The topological polar surface area (TPSA) is 49.8 Å². The minimum absolute atomic E-state index is 0. The molecule has 0 saturated carbocycles. The van der Waals surface area contributed by atoms with E-state index in [0.29, 0.717) is 0 Å². The van der Waals surface area contributed by atoms with Crippen LogP contribution in [0.2, 0.25) is 0 Å². The molecule has 0 heterocycles. The smallest absolute Gasteiger partial charge is 1.00 e. The first-order valence-corrected chi connectivity index (χ1v) is 3.64. The molecule has 0 rings (SSSR count). The summed E-state index contributed by atoms with van der Waals surface area (Å²) in [4.78, 5) is 14.7. The summed E-state index contributed by atoms with van der Waals surface area (Å²) >= 11 is 0. The fourth-order valence-electron chi connectivity index (χ4n) is 0.897. The summed E-state index contributed by atoms with van der Waals surface area (Å²) < 4.78 is 0. The summed E-state index contributed by atoms with van der Waals surface area (Å²) in [6.07, 6.45) is -1.26. The Kier molecular flexibility index (Phi) is 15.3. The largest absolute Gasteiger partial charge is 1.00 e. The molecule has 0 aromatic carbocycles. The van der Waals surface area contributed by atoms with Crippen LogP contribution in [0.5, 0.6) is 0 Å². The van der Waals surface area contributed by atoms with Crippen LogP contribution in [-0.2, 0) is 4.84 Å². The second-order valence-electron chi connectivity index (χ2n) is 2.90. The predicted molar refractivity (Wildman–Crippen MR) is 43.4 cm³/mol. The SMILES string of the molecule is CC(C)N(OC(=O)O)C(C)C.[H-].[H-].[K+].[Li+]. The van der Waals surface area contributed by atoms with E-state index in [2.05, 4.69) is 4.84 Å². The van der Waals surface area contributed by atoms with Crippen molar-refractivity contribution < 1.29 is 87.8 Å². The van der Waals surface area contributed by atoms with Gasteiger partial charge in [0.15, 0.2) is 0 Å². The van der Waals surface area contributed by atoms with E-state index in [9.17, 15) is 4.79 Å². The normalized spacial score (nSPS) is 9.46. The van der Waals surface area contributed by atoms with Gasteiger partial charge in [0.05, 0.1) is 0 Å². The molecule has 0 amide bonds. The summed E-state index contributed by atoms with van der Waals surface area (Å²) in [7, 11) is 0. The molecule has 0 aliphatic carbocycles. The molecule has 0 spiro atoms. The molecule has 0 aromatic heterocycles. The first kappa shape index (κ1) is 20.0. The number of rotatable bonds is 3. The molecule has 70 valence electrons. The van der Waals surface area contributed by atoms with Gasteiger partial charge in [0, 0.05) is 12.1 Å². The van der Waals surface area contributed by atoms with Gasteiger partial charge in [-0.2, -0.15) is 0 Å². The Hall–Kier alpha value is 1.46. The molecule has 0 aromatic rings. The van der Waals surface area contributed by atoms with Gasteiger partial charge >= 0.3 is 76.4 Å². The van der Waals surface area contributed by atoms with Crippen molar-refractivity contribution >= 4 is 6.16 Å². The Balaban J connectivity index is -0.0000000833. The third kappa shape index (κ3) is 9.76. The molecule has 0 aliphatic rings. The zero-order valence-corrected chi connectivity index (χ0v) is 12.5. The molecule has 0 fully saturated rings. The van der Waals surface area contributed by atoms with E-state index in [-0.39, 0.29) is 85.2 Å². The van der Waals surface area contributed by atoms with Crippen LogP contribution in [0.15, 0.2) is 0 Å². The maximum absolute atomic E-state index is 10.2. The van der Waals surface area contributed by atoms with Crippen molar-refractivity contribution in [2.24, 2.45) is 0 Å². The second-order valence-corrected chi connectivity index (χ2v) is 2.90. The first-order chi connectivity index (χ1) is 4.95. The molecule has 4 nitrogen and oxygen atoms in total. The number of hydroxylamine groups is 2. The van der Waals surface area contributed by atoms with E-state index in [1.165, 1.54) is 5.06 Å². The second kappa shape index (κ2) is 10.00. The van der Waals surface area contributed by atoms with E-state index in [4.69, 9.17) is 5.11 Å². The fraction of sp³-hybridized carbons (Fsp3) is 0.857. The van der Waals surface area contributed by atoms with Crippen LogP contribution in [0, 0.1) is 0 Å². The number of hydrogen-bond acceptors (Lipinski definition) is 3. The van der Waals surface area contributed by atoms with E-state index >= 15 is 0 Å². The third-order valence-corrected chi connectivity index (χ3v) is 1.20. The molecule has 0 atom stereocenters. The fourth-order valence-corrected chi connectivity index (χ4v) is 0.897.